The average Bonchev–Trinajstić information content (AvgIpc) is 3.12. The zero-order valence-electron chi connectivity index (χ0n) is 19.1. The van der Waals surface area contributed by atoms with E-state index < -0.39 is 23.8 Å². The van der Waals surface area contributed by atoms with Gasteiger partial charge in [0, 0.05) is 0 Å². The Morgan fingerprint density at radius 2 is 1.09 bits per heavy atom. The summed E-state index contributed by atoms with van der Waals surface area (Å²) in [4.78, 5) is 49.5. The largest absolute Gasteiger partial charge is 0.462 e. The number of nitrogens with one attached hydrogen (secondary N) is 3. The summed E-state index contributed by atoms with van der Waals surface area (Å²) in [5, 5.41) is 8.61. The van der Waals surface area contributed by atoms with Gasteiger partial charge in [-0.2, -0.15) is 0 Å². The van der Waals surface area contributed by atoms with Crippen LogP contribution in [0.4, 0.5) is 22.7 Å². The van der Waals surface area contributed by atoms with E-state index in [9.17, 15) is 19.2 Å². The Kier molecular flexibility index (Phi) is 6.77. The Bertz CT molecular complexity index is 1230. The number of imide groups is 1. The summed E-state index contributed by atoms with van der Waals surface area (Å²) in [6.45, 7) is 3.86. The minimum atomic E-state index is -0.523. The molecule has 3 aromatic rings. The van der Waals surface area contributed by atoms with E-state index in [1.807, 2.05) is 0 Å². The first-order valence-electron chi connectivity index (χ1n) is 11.0. The molecular formula is C26H23N3O6. The maximum atomic E-state index is 12.5. The Balaban J connectivity index is 1.79. The lowest BCUT2D eigenvalue weighted by molar-refractivity contribution is 0.0518. The highest BCUT2D eigenvalue weighted by Gasteiger charge is 2.29. The van der Waals surface area contributed by atoms with Crippen LogP contribution < -0.4 is 16.0 Å². The van der Waals surface area contributed by atoms with Crippen LogP contribution in [0.25, 0.3) is 0 Å². The van der Waals surface area contributed by atoms with Gasteiger partial charge in [0.2, 0.25) is 0 Å². The molecule has 2 amide bonds. The number of hydrogen-bond acceptors (Lipinski definition) is 8. The Labute approximate surface area is 201 Å². The van der Waals surface area contributed by atoms with E-state index in [0.717, 1.165) is 0 Å². The molecule has 0 unspecified atom stereocenters. The fourth-order valence-electron chi connectivity index (χ4n) is 3.67. The summed E-state index contributed by atoms with van der Waals surface area (Å²) in [5.41, 5.74) is 2.68. The first kappa shape index (κ1) is 23.5. The van der Waals surface area contributed by atoms with E-state index in [0.29, 0.717) is 33.9 Å². The lowest BCUT2D eigenvalue weighted by Crippen LogP contribution is -2.19. The fraction of sp³-hybridized carbons (Fsp3) is 0.154. The number of ether oxygens (including phenoxy) is 2. The summed E-state index contributed by atoms with van der Waals surface area (Å²) in [7, 11) is 0. The smallest absolute Gasteiger partial charge is 0.340 e. The number of benzene rings is 3. The van der Waals surface area contributed by atoms with Crippen molar-refractivity contribution in [2.75, 3.05) is 23.8 Å². The number of esters is 2. The molecule has 3 N–H and O–H groups in total. The van der Waals surface area contributed by atoms with Crippen molar-refractivity contribution in [1.29, 1.82) is 0 Å². The van der Waals surface area contributed by atoms with Crippen molar-refractivity contribution in [3.63, 3.8) is 0 Å². The number of amides is 2. The molecule has 1 aliphatic heterocycles. The summed E-state index contributed by atoms with van der Waals surface area (Å²) < 4.78 is 10.3. The predicted octanol–water partition coefficient (Wildman–Crippen LogP) is 4.41. The van der Waals surface area contributed by atoms with Gasteiger partial charge in [-0.15, -0.1) is 0 Å². The standard InChI is InChI=1S/C26H23N3O6/c1-3-34-25(32)15-9-5-7-11-19(15)27-21-13-17-18(24(31)29-23(17)30)14-22(21)28-20-12-8-6-10-16(20)26(33)35-4-2/h5-14,27-28H,3-4H2,1-2H3,(H,29,30,31). The van der Waals surface area contributed by atoms with E-state index in [1.54, 1.807) is 62.4 Å². The Morgan fingerprint density at radius 1 is 0.686 bits per heavy atom. The maximum Gasteiger partial charge on any atom is 0.340 e. The molecule has 0 radical (unpaired) electrons. The first-order chi connectivity index (χ1) is 16.9. The lowest BCUT2D eigenvalue weighted by Gasteiger charge is -2.18. The minimum Gasteiger partial charge on any atom is -0.462 e. The van der Waals surface area contributed by atoms with Gasteiger partial charge < -0.3 is 20.1 Å². The molecule has 0 aromatic heterocycles. The van der Waals surface area contributed by atoms with Crippen LogP contribution in [-0.2, 0) is 9.47 Å². The normalized spacial score (nSPS) is 11.9. The molecule has 0 atom stereocenters. The second kappa shape index (κ2) is 10.1. The molecule has 0 spiro atoms. The SMILES string of the molecule is CCOC(=O)c1ccccc1Nc1cc2c(cc1Nc1ccccc1C(=O)OCC)C(=O)NC2=O. The molecule has 0 aliphatic carbocycles. The van der Waals surface area contributed by atoms with E-state index >= 15 is 0 Å². The van der Waals surface area contributed by atoms with Gasteiger partial charge in [-0.05, 0) is 50.2 Å². The summed E-state index contributed by atoms with van der Waals surface area (Å²) in [6, 6.07) is 16.6. The molecule has 1 aliphatic rings. The van der Waals surface area contributed by atoms with Gasteiger partial charge in [-0.1, -0.05) is 24.3 Å². The number of rotatable bonds is 8. The fourth-order valence-corrected chi connectivity index (χ4v) is 3.67. The highest BCUT2D eigenvalue weighted by molar-refractivity contribution is 6.22. The van der Waals surface area contributed by atoms with Crippen molar-refractivity contribution >= 4 is 46.5 Å². The zero-order chi connectivity index (χ0) is 24.9. The van der Waals surface area contributed by atoms with Crippen LogP contribution in [-0.4, -0.2) is 37.0 Å². The molecule has 3 aromatic carbocycles. The molecule has 0 saturated carbocycles. The van der Waals surface area contributed by atoms with Crippen LogP contribution in [0.3, 0.4) is 0 Å². The molecule has 35 heavy (non-hydrogen) atoms. The van der Waals surface area contributed by atoms with E-state index in [-0.39, 0.29) is 24.3 Å². The van der Waals surface area contributed by atoms with Gasteiger partial charge in [-0.3, -0.25) is 14.9 Å². The molecule has 9 heteroatoms. The zero-order valence-corrected chi connectivity index (χ0v) is 19.1. The quantitative estimate of drug-likeness (QED) is 0.325. The van der Waals surface area contributed by atoms with Crippen molar-refractivity contribution in [2.45, 2.75) is 13.8 Å². The van der Waals surface area contributed by atoms with Gasteiger partial charge in [0.05, 0.1) is 58.2 Å². The highest BCUT2D eigenvalue weighted by Crippen LogP contribution is 2.35. The summed E-state index contributed by atoms with van der Waals surface area (Å²) in [6.07, 6.45) is 0. The molecule has 9 nitrogen and oxygen atoms in total. The Morgan fingerprint density at radius 3 is 1.49 bits per heavy atom. The third-order valence-electron chi connectivity index (χ3n) is 5.26. The Hall–Kier alpha value is -4.66. The average molecular weight is 473 g/mol. The van der Waals surface area contributed by atoms with Crippen molar-refractivity contribution in [3.05, 3.63) is 82.9 Å². The van der Waals surface area contributed by atoms with E-state index in [1.165, 1.54) is 12.1 Å². The third-order valence-corrected chi connectivity index (χ3v) is 5.26. The summed E-state index contributed by atoms with van der Waals surface area (Å²) >= 11 is 0. The maximum absolute atomic E-state index is 12.5. The number of para-hydroxylation sites is 2. The highest BCUT2D eigenvalue weighted by atomic mass is 16.5. The van der Waals surface area contributed by atoms with Crippen LogP contribution in [0, 0.1) is 0 Å². The van der Waals surface area contributed by atoms with Gasteiger partial charge in [0.1, 0.15) is 0 Å². The molecule has 0 saturated heterocycles. The number of fused-ring (bicyclic) bond motifs is 1. The van der Waals surface area contributed by atoms with Gasteiger partial charge in [0.15, 0.2) is 0 Å². The number of hydrogen-bond donors (Lipinski definition) is 3. The molecule has 178 valence electrons. The topological polar surface area (TPSA) is 123 Å². The number of carbonyl (C=O) groups is 4. The van der Waals surface area contributed by atoms with Gasteiger partial charge in [-0.25, -0.2) is 9.59 Å². The van der Waals surface area contributed by atoms with Crippen LogP contribution >= 0.6 is 0 Å². The molecule has 1 heterocycles. The van der Waals surface area contributed by atoms with Crippen LogP contribution in [0.5, 0.6) is 0 Å². The predicted molar refractivity (Wildman–Crippen MR) is 130 cm³/mol. The summed E-state index contributed by atoms with van der Waals surface area (Å²) in [5.74, 6) is -2.06. The van der Waals surface area contributed by atoms with Crippen molar-refractivity contribution in [1.82, 2.24) is 5.32 Å². The molecule has 0 fully saturated rings. The number of carbonyl (C=O) groups excluding carboxylic acids is 4. The second-order valence-corrected chi connectivity index (χ2v) is 7.51. The minimum absolute atomic E-state index is 0.190. The van der Waals surface area contributed by atoms with Crippen molar-refractivity contribution in [3.8, 4) is 0 Å². The monoisotopic (exact) mass is 473 g/mol. The molecule has 4 rings (SSSR count). The van der Waals surface area contributed by atoms with Crippen LogP contribution in [0.15, 0.2) is 60.7 Å². The van der Waals surface area contributed by atoms with Gasteiger partial charge in [0.25, 0.3) is 11.8 Å². The van der Waals surface area contributed by atoms with Crippen molar-refractivity contribution in [2.24, 2.45) is 0 Å². The van der Waals surface area contributed by atoms with E-state index in [4.69, 9.17) is 9.47 Å². The lowest BCUT2D eigenvalue weighted by atomic mass is 10.0. The third kappa shape index (κ3) is 4.84. The van der Waals surface area contributed by atoms with E-state index in [2.05, 4.69) is 16.0 Å². The second-order valence-electron chi connectivity index (χ2n) is 7.51. The van der Waals surface area contributed by atoms with Crippen molar-refractivity contribution < 1.29 is 28.7 Å². The first-order valence-corrected chi connectivity index (χ1v) is 11.0. The van der Waals surface area contributed by atoms with Gasteiger partial charge >= 0.3 is 11.9 Å². The van der Waals surface area contributed by atoms with Crippen LogP contribution in [0.2, 0.25) is 0 Å². The van der Waals surface area contributed by atoms with Crippen LogP contribution in [0.1, 0.15) is 55.3 Å². The number of anilines is 4. The molecular weight excluding hydrogens is 450 g/mol. The molecule has 0 bridgehead atoms.